The van der Waals surface area contributed by atoms with E-state index in [2.05, 4.69) is 81.4 Å². The summed E-state index contributed by atoms with van der Waals surface area (Å²) in [6.45, 7) is 3.56. The number of aryl methyl sites for hydroxylation is 4. The second-order valence-electron chi connectivity index (χ2n) is 11.3. The van der Waals surface area contributed by atoms with E-state index in [4.69, 9.17) is 48.2 Å². The van der Waals surface area contributed by atoms with Gasteiger partial charge in [-0.05, 0) is 43.6 Å². The average molecular weight is 918 g/mol. The number of carbonyl (C=O) groups excluding carboxylic acids is 1. The molecule has 0 fully saturated rings. The van der Waals surface area contributed by atoms with E-state index in [1.54, 1.807) is 69.8 Å². The number of hydrogen-bond acceptors (Lipinski definition) is 23. The number of rotatable bonds is 4. The standard InChI is InChI=1S/C10H8N8O.C7H7N3O2S.C4H5N5.C4H4N4.C3H3N5.C3H4N2O.Na.H2O/c1-17-14-6-8(15-17)13-10(11)18-9(6)12-7(16-18)5-3-2-4-19-5;1-6-2-4-7(5-3-6)13(11,12)10-9-8;1-9-7-3(2-5)4(6)8-9;1-3-4(2-5)7-8-6-3;4-1-2-3(5)7-8-6-2;4-2-1-3(5)6;;/h2-4H,1H3,(H2,11,13,15);2-5H,1H3;1H3,(H2,6,8);1H3,(H,6,7,8);(H3,5,6,7,8);1H2,(H2,5,6);;1H2/q;;;;;;+1;/p-1. The van der Waals surface area contributed by atoms with Gasteiger partial charge in [-0.2, -0.15) is 55.7 Å². The van der Waals surface area contributed by atoms with Crippen molar-refractivity contribution >= 4 is 50.3 Å². The molecule has 34 heteroatoms. The Hall–Kier alpha value is -9.08. The van der Waals surface area contributed by atoms with E-state index in [1.165, 1.54) is 26.2 Å². The normalized spacial score (nSPS) is 9.42. The molecule has 0 saturated carbocycles. The monoisotopic (exact) mass is 917 g/mol. The van der Waals surface area contributed by atoms with Crippen LogP contribution in [-0.2, 0) is 28.9 Å². The first-order chi connectivity index (χ1) is 30.0. The summed E-state index contributed by atoms with van der Waals surface area (Å²) in [4.78, 5) is 23.0. The number of nitrogen functional groups attached to an aromatic ring is 3. The number of nitrogens with two attached hydrogens (primary N) is 4. The SMILES string of the molecule is Cc1ccc(S(=O)(=O)N=[N+]=[N-])cc1.Cc1n[nH]nc1C#N.Cn1nc(N)c(C#N)n1.Cn1nc2nc(N)n3nc(-c4ccco4)nc3c2n1.N#CCC(N)=O.N#Cc1n[nH]nc1N.[Na+].[OH-]. The third kappa shape index (κ3) is 15.7. The number of H-pyrrole nitrogens is 2. The number of furan rings is 1. The molecule has 0 atom stereocenters. The molecule has 0 radical (unpaired) electrons. The van der Waals surface area contributed by atoms with Crippen LogP contribution in [0.4, 0.5) is 17.6 Å². The third-order valence-corrected chi connectivity index (χ3v) is 7.92. The minimum absolute atomic E-state index is 0. The fourth-order valence-corrected chi connectivity index (χ4v) is 4.67. The molecule has 8 rings (SSSR count). The first-order valence-corrected chi connectivity index (χ1v) is 18.1. The van der Waals surface area contributed by atoms with E-state index in [9.17, 15) is 13.2 Å². The number of amides is 1. The van der Waals surface area contributed by atoms with Crippen LogP contribution < -0.4 is 52.5 Å². The molecular weight excluding hydrogens is 886 g/mol. The van der Waals surface area contributed by atoms with E-state index in [-0.39, 0.29) is 75.3 Å². The van der Waals surface area contributed by atoms with Crippen molar-refractivity contribution in [3.63, 3.8) is 0 Å². The predicted octanol–water partition coefficient (Wildman–Crippen LogP) is -3.03. The van der Waals surface area contributed by atoms with E-state index < -0.39 is 15.9 Å². The molecule has 7 heterocycles. The van der Waals surface area contributed by atoms with Crippen LogP contribution in [0.5, 0.6) is 0 Å². The summed E-state index contributed by atoms with van der Waals surface area (Å²) in [5.41, 5.74) is 32.5. The van der Waals surface area contributed by atoms with E-state index in [0.717, 1.165) is 5.56 Å². The molecule has 0 aliphatic rings. The fraction of sp³-hybridized carbons (Fsp3) is 0.161. The number of nitrogens with one attached hydrogen (secondary N) is 2. The predicted molar refractivity (Wildman–Crippen MR) is 215 cm³/mol. The largest absolute Gasteiger partial charge is 1.00 e. The molecule has 65 heavy (non-hydrogen) atoms. The zero-order valence-electron chi connectivity index (χ0n) is 34.4. The number of aromatic amines is 2. The fourth-order valence-electron chi connectivity index (χ4n) is 4.00. The maximum atomic E-state index is 11.1. The minimum Gasteiger partial charge on any atom is -0.870 e. The van der Waals surface area contributed by atoms with Gasteiger partial charge in [-0.3, -0.25) is 4.79 Å². The van der Waals surface area contributed by atoms with Crippen molar-refractivity contribution in [1.82, 2.24) is 80.4 Å². The van der Waals surface area contributed by atoms with Gasteiger partial charge in [0.05, 0.1) is 22.9 Å². The summed E-state index contributed by atoms with van der Waals surface area (Å²) < 4.78 is 31.6. The van der Waals surface area contributed by atoms with Crippen molar-refractivity contribution in [2.24, 2.45) is 24.3 Å². The molecule has 0 aliphatic heterocycles. The second-order valence-corrected chi connectivity index (χ2v) is 12.9. The number of fused-ring (bicyclic) bond motifs is 3. The van der Waals surface area contributed by atoms with Crippen LogP contribution in [-0.4, -0.2) is 100 Å². The van der Waals surface area contributed by atoms with Crippen LogP contribution in [0.25, 0.3) is 38.8 Å². The number of primary amides is 1. The number of hydrogen-bond donors (Lipinski definition) is 6. The molecular formula is C31H32N27NaO5S. The molecule has 0 aliphatic carbocycles. The zero-order chi connectivity index (χ0) is 46.7. The summed E-state index contributed by atoms with van der Waals surface area (Å²) in [5.74, 6) is 0.940. The molecule has 1 aromatic carbocycles. The smallest absolute Gasteiger partial charge is 0.870 e. The van der Waals surface area contributed by atoms with Crippen molar-refractivity contribution in [3.8, 4) is 35.9 Å². The molecule has 8 aromatic rings. The number of benzene rings is 1. The quantitative estimate of drug-likeness (QED) is 0.0442. The van der Waals surface area contributed by atoms with Crippen LogP contribution in [0.1, 0.15) is 34.8 Å². The molecule has 11 N–H and O–H groups in total. The average Bonchev–Trinajstić information content (AvgIpc) is 4.10. The second kappa shape index (κ2) is 25.6. The summed E-state index contributed by atoms with van der Waals surface area (Å²) in [7, 11) is -0.504. The molecule has 0 unspecified atom stereocenters. The van der Waals surface area contributed by atoms with Crippen molar-refractivity contribution in [3.05, 3.63) is 81.4 Å². The Labute approximate surface area is 386 Å². The molecule has 0 bridgehead atoms. The van der Waals surface area contributed by atoms with Crippen LogP contribution >= 0.6 is 0 Å². The van der Waals surface area contributed by atoms with Crippen molar-refractivity contribution < 1.29 is 52.7 Å². The molecule has 7 aromatic heterocycles. The van der Waals surface area contributed by atoms with Gasteiger partial charge in [-0.25, -0.2) is 13.4 Å². The number of nitriles is 4. The number of azide groups is 1. The first-order valence-electron chi connectivity index (χ1n) is 16.7. The van der Waals surface area contributed by atoms with Gasteiger partial charge in [0.25, 0.3) is 10.0 Å². The van der Waals surface area contributed by atoms with E-state index >= 15 is 0 Å². The van der Waals surface area contributed by atoms with Gasteiger partial charge < -0.3 is 32.8 Å². The van der Waals surface area contributed by atoms with Gasteiger partial charge in [-0.1, -0.05) is 17.7 Å². The Balaban J connectivity index is 0.000000408. The summed E-state index contributed by atoms with van der Waals surface area (Å²) in [5, 5.41) is 70.7. The van der Waals surface area contributed by atoms with Gasteiger partial charge in [0.2, 0.25) is 34.7 Å². The Morgan fingerprint density at radius 3 is 1.88 bits per heavy atom. The number of sulfonamides is 1. The summed E-state index contributed by atoms with van der Waals surface area (Å²) in [6, 6.07) is 16.6. The number of aromatic nitrogens is 16. The summed E-state index contributed by atoms with van der Waals surface area (Å²) >= 11 is 0. The van der Waals surface area contributed by atoms with Crippen LogP contribution in [0, 0.1) is 59.2 Å². The molecule has 1 amide bonds. The maximum absolute atomic E-state index is 11.1. The molecule has 32 nitrogen and oxygen atoms in total. The first kappa shape index (κ1) is 53.9. The Bertz CT molecular complexity index is 3080. The van der Waals surface area contributed by atoms with Gasteiger partial charge in [0.15, 0.2) is 34.3 Å². The zero-order valence-corrected chi connectivity index (χ0v) is 37.3. The van der Waals surface area contributed by atoms with E-state index in [0.29, 0.717) is 39.8 Å². The van der Waals surface area contributed by atoms with Crippen LogP contribution in [0.15, 0.2) is 56.5 Å². The van der Waals surface area contributed by atoms with Gasteiger partial charge >= 0.3 is 29.6 Å². The van der Waals surface area contributed by atoms with Crippen molar-refractivity contribution in [1.29, 1.82) is 21.0 Å². The Morgan fingerprint density at radius 1 is 0.846 bits per heavy atom. The Morgan fingerprint density at radius 2 is 1.46 bits per heavy atom. The number of anilines is 3. The molecule has 0 saturated heterocycles. The van der Waals surface area contributed by atoms with E-state index in [1.807, 2.05) is 13.0 Å². The van der Waals surface area contributed by atoms with Gasteiger partial charge in [-0.15, -0.1) is 40.8 Å². The minimum atomic E-state index is -3.82. The van der Waals surface area contributed by atoms with Crippen molar-refractivity contribution in [2.75, 3.05) is 17.2 Å². The molecule has 328 valence electrons. The number of nitrogens with zero attached hydrogens (tertiary/aromatic N) is 21. The van der Waals surface area contributed by atoms with Crippen LogP contribution in [0.2, 0.25) is 0 Å². The van der Waals surface area contributed by atoms with Crippen molar-refractivity contribution in [2.45, 2.75) is 25.2 Å². The maximum Gasteiger partial charge on any atom is 1.00 e. The molecule has 0 spiro atoms. The van der Waals surface area contributed by atoms with Gasteiger partial charge in [0.1, 0.15) is 24.6 Å². The topological polar surface area (TPSA) is 530 Å². The number of carbonyl (C=O) groups is 1. The Kier molecular flexibility index (Phi) is 21.3. The third-order valence-electron chi connectivity index (χ3n) is 6.76. The van der Waals surface area contributed by atoms with Gasteiger partial charge in [0, 0.05) is 23.5 Å². The van der Waals surface area contributed by atoms with Crippen LogP contribution in [0.3, 0.4) is 0 Å². The summed E-state index contributed by atoms with van der Waals surface area (Å²) in [6.07, 6.45) is 1.38.